The van der Waals surface area contributed by atoms with Gasteiger partial charge in [0, 0.05) is 43.4 Å². The molecular weight excluding hydrogens is 346 g/mol. The molecule has 26 heavy (non-hydrogen) atoms. The first-order valence-electron chi connectivity index (χ1n) is 9.21. The van der Waals surface area contributed by atoms with Gasteiger partial charge in [0.15, 0.2) is 0 Å². The molecule has 3 rings (SSSR count). The van der Waals surface area contributed by atoms with E-state index in [0.29, 0.717) is 6.54 Å². The summed E-state index contributed by atoms with van der Waals surface area (Å²) in [5, 5.41) is 3.83. The number of nitrogens with one attached hydrogen (secondary N) is 1. The first-order chi connectivity index (χ1) is 12.6. The average molecular weight is 372 g/mol. The molecule has 138 valence electrons. The average Bonchev–Trinajstić information content (AvgIpc) is 2.68. The number of nitrogens with zero attached hydrogens (tertiary/aromatic N) is 2. The fourth-order valence-corrected chi connectivity index (χ4v) is 3.37. The van der Waals surface area contributed by atoms with Crippen molar-refractivity contribution >= 4 is 23.3 Å². The zero-order chi connectivity index (χ0) is 18.4. The number of hydrogen-bond donors (Lipinski definition) is 1. The molecule has 1 N–H and O–H groups in total. The summed E-state index contributed by atoms with van der Waals surface area (Å²) in [4.78, 5) is 16.5. The molecule has 0 aliphatic carbocycles. The molecule has 1 fully saturated rings. The summed E-state index contributed by atoms with van der Waals surface area (Å²) in [6.45, 7) is 5.84. The van der Waals surface area contributed by atoms with E-state index in [1.807, 2.05) is 30.0 Å². The smallest absolute Gasteiger partial charge is 0.317 e. The number of carbonyl (C=O) groups excluding carboxylic acids is 1. The van der Waals surface area contributed by atoms with E-state index in [-0.39, 0.29) is 6.03 Å². The minimum atomic E-state index is 0.0413. The third kappa shape index (κ3) is 4.92. The van der Waals surface area contributed by atoms with Crippen LogP contribution in [0.4, 0.5) is 10.5 Å². The largest absolute Gasteiger partial charge is 0.368 e. The van der Waals surface area contributed by atoms with Gasteiger partial charge in [0.25, 0.3) is 0 Å². The Kier molecular flexibility index (Phi) is 6.40. The molecule has 0 aromatic heterocycles. The van der Waals surface area contributed by atoms with Crippen molar-refractivity contribution in [2.45, 2.75) is 19.8 Å². The van der Waals surface area contributed by atoms with Gasteiger partial charge in [-0.2, -0.15) is 0 Å². The number of carbonyl (C=O) groups is 1. The summed E-state index contributed by atoms with van der Waals surface area (Å²) in [5.74, 6) is 0. The lowest BCUT2D eigenvalue weighted by Crippen LogP contribution is -2.52. The molecule has 0 saturated carbocycles. The lowest BCUT2D eigenvalue weighted by molar-refractivity contribution is 0.194. The summed E-state index contributed by atoms with van der Waals surface area (Å²) < 4.78 is 0. The molecule has 1 saturated heterocycles. The molecule has 0 unspecified atom stereocenters. The van der Waals surface area contributed by atoms with Crippen LogP contribution in [-0.2, 0) is 6.42 Å². The van der Waals surface area contributed by atoms with Gasteiger partial charge in [-0.1, -0.05) is 48.0 Å². The Bertz CT molecular complexity index is 727. The van der Waals surface area contributed by atoms with Crippen LogP contribution in [0.25, 0.3) is 0 Å². The van der Waals surface area contributed by atoms with Gasteiger partial charge in [-0.05, 0) is 43.0 Å². The van der Waals surface area contributed by atoms with Crippen molar-refractivity contribution in [1.29, 1.82) is 0 Å². The first-order valence-corrected chi connectivity index (χ1v) is 9.59. The van der Waals surface area contributed by atoms with E-state index in [1.54, 1.807) is 0 Å². The number of amides is 2. The van der Waals surface area contributed by atoms with E-state index in [2.05, 4.69) is 40.5 Å². The summed E-state index contributed by atoms with van der Waals surface area (Å²) in [6, 6.07) is 16.6. The molecule has 5 heteroatoms. The number of anilines is 1. The van der Waals surface area contributed by atoms with Crippen LogP contribution in [0.1, 0.15) is 17.5 Å². The fraction of sp³-hybridized carbons (Fsp3) is 0.381. The van der Waals surface area contributed by atoms with Crippen LogP contribution in [-0.4, -0.2) is 43.7 Å². The topological polar surface area (TPSA) is 35.6 Å². The lowest BCUT2D eigenvalue weighted by Gasteiger charge is -2.36. The zero-order valence-corrected chi connectivity index (χ0v) is 16.0. The second-order valence-electron chi connectivity index (χ2n) is 6.73. The van der Waals surface area contributed by atoms with Crippen LogP contribution >= 0.6 is 11.6 Å². The predicted molar refractivity (Wildman–Crippen MR) is 108 cm³/mol. The Labute approximate surface area is 160 Å². The van der Waals surface area contributed by atoms with E-state index in [9.17, 15) is 4.79 Å². The van der Waals surface area contributed by atoms with Crippen LogP contribution in [0.2, 0.25) is 5.02 Å². The number of halogens is 1. The van der Waals surface area contributed by atoms with Gasteiger partial charge in [0.05, 0.1) is 0 Å². The molecule has 1 heterocycles. The van der Waals surface area contributed by atoms with Crippen molar-refractivity contribution in [3.63, 3.8) is 0 Å². The van der Waals surface area contributed by atoms with E-state index < -0.39 is 0 Å². The third-order valence-corrected chi connectivity index (χ3v) is 5.26. The Morgan fingerprint density at radius 3 is 2.50 bits per heavy atom. The molecule has 0 atom stereocenters. The number of rotatable bonds is 5. The summed E-state index contributed by atoms with van der Waals surface area (Å²) >= 11 is 6.23. The van der Waals surface area contributed by atoms with Crippen LogP contribution in [0, 0.1) is 6.92 Å². The monoisotopic (exact) mass is 371 g/mol. The van der Waals surface area contributed by atoms with Gasteiger partial charge >= 0.3 is 6.03 Å². The maximum Gasteiger partial charge on any atom is 0.317 e. The quantitative estimate of drug-likeness (QED) is 0.803. The van der Waals surface area contributed by atoms with Crippen molar-refractivity contribution in [3.8, 4) is 0 Å². The minimum Gasteiger partial charge on any atom is -0.368 e. The maximum absolute atomic E-state index is 12.3. The Balaban J connectivity index is 1.40. The number of hydrogen-bond acceptors (Lipinski definition) is 2. The Morgan fingerprint density at radius 2 is 1.81 bits per heavy atom. The van der Waals surface area contributed by atoms with Gasteiger partial charge in [0.2, 0.25) is 0 Å². The Hall–Kier alpha value is -2.20. The molecule has 2 amide bonds. The second-order valence-corrected chi connectivity index (χ2v) is 7.14. The molecule has 0 bridgehead atoms. The van der Waals surface area contributed by atoms with Crippen molar-refractivity contribution in [2.24, 2.45) is 0 Å². The fourth-order valence-electron chi connectivity index (χ4n) is 3.19. The van der Waals surface area contributed by atoms with Gasteiger partial charge in [-0.25, -0.2) is 4.79 Å². The molecule has 1 aliphatic rings. The number of benzene rings is 2. The van der Waals surface area contributed by atoms with Crippen molar-refractivity contribution in [3.05, 3.63) is 64.7 Å². The van der Waals surface area contributed by atoms with E-state index in [1.165, 1.54) is 5.56 Å². The molecule has 1 aliphatic heterocycles. The zero-order valence-electron chi connectivity index (χ0n) is 15.2. The number of piperazine rings is 1. The van der Waals surface area contributed by atoms with Gasteiger partial charge in [0.1, 0.15) is 0 Å². The van der Waals surface area contributed by atoms with E-state index in [0.717, 1.165) is 55.3 Å². The molecular formula is C21H26ClN3O. The van der Waals surface area contributed by atoms with Gasteiger partial charge in [-0.3, -0.25) is 0 Å². The molecule has 2 aromatic rings. The van der Waals surface area contributed by atoms with Crippen LogP contribution < -0.4 is 10.2 Å². The highest BCUT2D eigenvalue weighted by atomic mass is 35.5. The number of aryl methyl sites for hydroxylation is 2. The van der Waals surface area contributed by atoms with E-state index in [4.69, 9.17) is 11.6 Å². The normalized spacial score (nSPS) is 14.4. The SMILES string of the molecule is Cc1ccc(N2CCN(C(=O)NCCCc3ccccc3)CC2)cc1Cl. The second kappa shape index (κ2) is 8.95. The minimum absolute atomic E-state index is 0.0413. The van der Waals surface area contributed by atoms with Crippen LogP contribution in [0.15, 0.2) is 48.5 Å². The van der Waals surface area contributed by atoms with E-state index >= 15 is 0 Å². The van der Waals surface area contributed by atoms with Crippen molar-refractivity contribution in [1.82, 2.24) is 10.2 Å². The molecule has 0 spiro atoms. The standard InChI is InChI=1S/C21H26ClN3O/c1-17-9-10-19(16-20(17)22)24-12-14-25(15-13-24)21(26)23-11-5-8-18-6-3-2-4-7-18/h2-4,6-7,9-10,16H,5,8,11-15H2,1H3,(H,23,26). The van der Waals surface area contributed by atoms with Crippen molar-refractivity contribution < 1.29 is 4.79 Å². The molecule has 2 aromatic carbocycles. The van der Waals surface area contributed by atoms with Gasteiger partial charge in [-0.15, -0.1) is 0 Å². The van der Waals surface area contributed by atoms with Crippen LogP contribution in [0.5, 0.6) is 0 Å². The number of urea groups is 1. The predicted octanol–water partition coefficient (Wildman–Crippen LogP) is 4.11. The molecule has 0 radical (unpaired) electrons. The van der Waals surface area contributed by atoms with Crippen LogP contribution in [0.3, 0.4) is 0 Å². The first kappa shape index (κ1) is 18.6. The highest BCUT2D eigenvalue weighted by molar-refractivity contribution is 6.31. The highest BCUT2D eigenvalue weighted by Crippen LogP contribution is 2.24. The molecule has 4 nitrogen and oxygen atoms in total. The van der Waals surface area contributed by atoms with Crippen molar-refractivity contribution in [2.75, 3.05) is 37.6 Å². The third-order valence-electron chi connectivity index (χ3n) is 4.85. The summed E-state index contributed by atoms with van der Waals surface area (Å²) in [7, 11) is 0. The van der Waals surface area contributed by atoms with Gasteiger partial charge < -0.3 is 15.1 Å². The summed E-state index contributed by atoms with van der Waals surface area (Å²) in [6.07, 6.45) is 1.95. The maximum atomic E-state index is 12.3. The lowest BCUT2D eigenvalue weighted by atomic mass is 10.1. The Morgan fingerprint density at radius 1 is 1.08 bits per heavy atom. The summed E-state index contributed by atoms with van der Waals surface area (Å²) in [5.41, 5.74) is 3.53. The highest BCUT2D eigenvalue weighted by Gasteiger charge is 2.21.